The molecule has 2 aromatic carbocycles. The van der Waals surface area contributed by atoms with E-state index in [4.69, 9.17) is 0 Å². The Balaban J connectivity index is 1.88. The number of hydrogen-bond donors (Lipinski definition) is 0. The van der Waals surface area contributed by atoms with Gasteiger partial charge in [-0.25, -0.2) is 9.37 Å². The highest BCUT2D eigenvalue weighted by Gasteiger charge is 2.20. The molecular weight excluding hydrogens is 327 g/mol. The van der Waals surface area contributed by atoms with Gasteiger partial charge in [0.15, 0.2) is 0 Å². The fraction of sp³-hybridized carbons (Fsp3) is 0.0909. The van der Waals surface area contributed by atoms with Crippen molar-refractivity contribution in [2.75, 3.05) is 4.90 Å². The first kappa shape index (κ1) is 16.2. The molecule has 0 aliphatic carbocycles. The monoisotopic (exact) mass is 344 g/mol. The first-order valence-electron chi connectivity index (χ1n) is 8.43. The Labute approximate surface area is 151 Å². The normalized spacial score (nSPS) is 12.8. The minimum Gasteiger partial charge on any atom is -0.308 e. The molecule has 1 amide bonds. The summed E-state index contributed by atoms with van der Waals surface area (Å²) in [5.74, 6) is -0.480. The molecule has 0 radical (unpaired) electrons. The number of halogens is 1. The van der Waals surface area contributed by atoms with E-state index in [2.05, 4.69) is 4.98 Å². The maximum Gasteiger partial charge on any atom is 0.224 e. The van der Waals surface area contributed by atoms with Gasteiger partial charge in [0, 0.05) is 18.1 Å². The molecular formula is C22H17FN2O. The quantitative estimate of drug-likeness (QED) is 0.627. The Bertz CT molecular complexity index is 1010. The molecule has 0 saturated heterocycles. The Morgan fingerprint density at radius 2 is 1.77 bits per heavy atom. The van der Waals surface area contributed by atoms with Gasteiger partial charge in [-0.3, -0.25) is 4.79 Å². The van der Waals surface area contributed by atoms with Gasteiger partial charge in [0.25, 0.3) is 0 Å². The number of anilines is 1. The van der Waals surface area contributed by atoms with Gasteiger partial charge in [-0.1, -0.05) is 54.6 Å². The zero-order chi connectivity index (χ0) is 18.1. The maximum atomic E-state index is 14.7. The standard InChI is InChI=1S/C22H17FN2O/c1-15(26)25-14-18-13-19(23)22(17-8-3-2-4-9-17)24-20(18)12-11-16-7-5-6-10-21(16)25/h2-13H,14H2,1H3. The minimum absolute atomic E-state index is 0.0914. The van der Waals surface area contributed by atoms with E-state index in [1.807, 2.05) is 66.7 Å². The number of carbonyl (C=O) groups excluding carboxylic acids is 1. The number of carbonyl (C=O) groups is 1. The highest BCUT2D eigenvalue weighted by molar-refractivity contribution is 5.95. The Morgan fingerprint density at radius 1 is 1.04 bits per heavy atom. The van der Waals surface area contributed by atoms with Crippen molar-refractivity contribution >= 4 is 23.7 Å². The molecule has 1 aromatic heterocycles. The molecule has 0 saturated carbocycles. The summed E-state index contributed by atoms with van der Waals surface area (Å²) >= 11 is 0. The van der Waals surface area contributed by atoms with Gasteiger partial charge >= 0.3 is 0 Å². The van der Waals surface area contributed by atoms with Crippen molar-refractivity contribution < 1.29 is 9.18 Å². The molecule has 0 atom stereocenters. The summed E-state index contributed by atoms with van der Waals surface area (Å²) in [6.07, 6.45) is 3.81. The zero-order valence-corrected chi connectivity index (χ0v) is 14.3. The lowest BCUT2D eigenvalue weighted by Gasteiger charge is -2.25. The van der Waals surface area contributed by atoms with Gasteiger partial charge in [0.2, 0.25) is 5.91 Å². The molecule has 128 valence electrons. The van der Waals surface area contributed by atoms with Crippen LogP contribution in [0.5, 0.6) is 0 Å². The van der Waals surface area contributed by atoms with Gasteiger partial charge < -0.3 is 4.90 Å². The van der Waals surface area contributed by atoms with Crippen LogP contribution in [-0.4, -0.2) is 10.9 Å². The number of pyridine rings is 1. The lowest BCUT2D eigenvalue weighted by atomic mass is 10.0. The smallest absolute Gasteiger partial charge is 0.224 e. The second-order valence-corrected chi connectivity index (χ2v) is 6.23. The number of rotatable bonds is 1. The van der Waals surface area contributed by atoms with Crippen molar-refractivity contribution in [2.24, 2.45) is 0 Å². The summed E-state index contributed by atoms with van der Waals surface area (Å²) in [7, 11) is 0. The third kappa shape index (κ3) is 2.90. The van der Waals surface area contributed by atoms with E-state index >= 15 is 0 Å². The predicted molar refractivity (Wildman–Crippen MR) is 102 cm³/mol. The average molecular weight is 344 g/mol. The van der Waals surface area contributed by atoms with Crippen molar-refractivity contribution in [3.8, 4) is 11.3 Å². The largest absolute Gasteiger partial charge is 0.308 e. The van der Waals surface area contributed by atoms with Crippen molar-refractivity contribution in [3.05, 3.63) is 83.3 Å². The average Bonchev–Trinajstić information content (AvgIpc) is 2.64. The van der Waals surface area contributed by atoms with E-state index in [1.54, 1.807) is 4.90 Å². The fourth-order valence-electron chi connectivity index (χ4n) is 3.19. The molecule has 4 heteroatoms. The Hall–Kier alpha value is -3.27. The summed E-state index contributed by atoms with van der Waals surface area (Å²) in [5, 5.41) is 0. The van der Waals surface area contributed by atoms with E-state index in [-0.39, 0.29) is 18.3 Å². The number of fused-ring (bicyclic) bond motifs is 2. The molecule has 26 heavy (non-hydrogen) atoms. The summed E-state index contributed by atoms with van der Waals surface area (Å²) in [5.41, 5.74) is 4.15. The van der Waals surface area contributed by atoms with Crippen molar-refractivity contribution in [1.82, 2.24) is 4.98 Å². The van der Waals surface area contributed by atoms with E-state index in [0.29, 0.717) is 17.0 Å². The number of amides is 1. The molecule has 3 aromatic rings. The van der Waals surface area contributed by atoms with Crippen molar-refractivity contribution in [1.29, 1.82) is 0 Å². The first-order chi connectivity index (χ1) is 12.6. The minimum atomic E-state index is -0.388. The SMILES string of the molecule is CC(=O)N1Cc2cc(F)c(-c3ccccc3)nc2C=Cc2ccccc21. The zero-order valence-electron chi connectivity index (χ0n) is 14.3. The molecule has 0 N–H and O–H groups in total. The van der Waals surface area contributed by atoms with Gasteiger partial charge in [0.1, 0.15) is 11.5 Å². The van der Waals surface area contributed by atoms with Gasteiger partial charge in [-0.15, -0.1) is 0 Å². The Morgan fingerprint density at radius 3 is 2.54 bits per heavy atom. The van der Waals surface area contributed by atoms with Crippen molar-refractivity contribution in [2.45, 2.75) is 13.5 Å². The highest BCUT2D eigenvalue weighted by Crippen LogP contribution is 2.30. The number of aromatic nitrogens is 1. The number of nitrogens with zero attached hydrogens (tertiary/aromatic N) is 2. The van der Waals surface area contributed by atoms with Crippen LogP contribution in [0.3, 0.4) is 0 Å². The highest BCUT2D eigenvalue weighted by atomic mass is 19.1. The maximum absolute atomic E-state index is 14.7. The van der Waals surface area contributed by atoms with E-state index < -0.39 is 0 Å². The number of benzene rings is 2. The molecule has 4 rings (SSSR count). The van der Waals surface area contributed by atoms with Crippen LogP contribution in [0.25, 0.3) is 23.4 Å². The lowest BCUT2D eigenvalue weighted by molar-refractivity contribution is -0.116. The molecule has 0 spiro atoms. The van der Waals surface area contributed by atoms with Crippen LogP contribution in [0.4, 0.5) is 10.1 Å². The molecule has 0 unspecified atom stereocenters. The molecule has 3 nitrogen and oxygen atoms in total. The van der Waals surface area contributed by atoms with Gasteiger partial charge in [0.05, 0.1) is 17.9 Å². The van der Waals surface area contributed by atoms with Crippen LogP contribution in [0.1, 0.15) is 23.7 Å². The van der Waals surface area contributed by atoms with Gasteiger partial charge in [-0.2, -0.15) is 0 Å². The van der Waals surface area contributed by atoms with Crippen LogP contribution in [0.2, 0.25) is 0 Å². The van der Waals surface area contributed by atoms with Crippen molar-refractivity contribution in [3.63, 3.8) is 0 Å². The molecule has 2 heterocycles. The second kappa shape index (κ2) is 6.56. The third-order valence-electron chi connectivity index (χ3n) is 4.49. The summed E-state index contributed by atoms with van der Waals surface area (Å²) < 4.78 is 14.7. The second-order valence-electron chi connectivity index (χ2n) is 6.23. The molecule has 0 fully saturated rings. The lowest BCUT2D eigenvalue weighted by Crippen LogP contribution is -2.29. The summed E-state index contributed by atoms with van der Waals surface area (Å²) in [6, 6.07) is 18.4. The first-order valence-corrected chi connectivity index (χ1v) is 8.43. The third-order valence-corrected chi connectivity index (χ3v) is 4.49. The molecule has 0 bridgehead atoms. The van der Waals surface area contributed by atoms with Gasteiger partial charge in [-0.05, 0) is 23.8 Å². The van der Waals surface area contributed by atoms with Crippen LogP contribution >= 0.6 is 0 Å². The Kier molecular flexibility index (Phi) is 4.09. The summed E-state index contributed by atoms with van der Waals surface area (Å²) in [4.78, 5) is 18.4. The fourth-order valence-corrected chi connectivity index (χ4v) is 3.19. The summed E-state index contributed by atoms with van der Waals surface area (Å²) in [6.45, 7) is 1.80. The van der Waals surface area contributed by atoms with Crippen LogP contribution in [0, 0.1) is 5.82 Å². The number of para-hydroxylation sites is 1. The van der Waals surface area contributed by atoms with Crippen LogP contribution in [-0.2, 0) is 11.3 Å². The van der Waals surface area contributed by atoms with E-state index in [1.165, 1.54) is 13.0 Å². The molecule has 1 aliphatic heterocycles. The predicted octanol–water partition coefficient (Wildman–Crippen LogP) is 4.92. The van der Waals surface area contributed by atoms with E-state index in [0.717, 1.165) is 16.8 Å². The van der Waals surface area contributed by atoms with Crippen LogP contribution in [0.15, 0.2) is 60.7 Å². The topological polar surface area (TPSA) is 33.2 Å². The van der Waals surface area contributed by atoms with Crippen LogP contribution < -0.4 is 4.90 Å². The van der Waals surface area contributed by atoms with E-state index in [9.17, 15) is 9.18 Å². The molecule has 1 aliphatic rings. The number of hydrogen-bond acceptors (Lipinski definition) is 2.